The van der Waals surface area contributed by atoms with Crippen LogP contribution < -0.4 is 5.43 Å². The smallest absolute Gasteiger partial charge is 0.317 e. The minimum absolute atomic E-state index is 0.104. The van der Waals surface area contributed by atoms with Gasteiger partial charge in [0, 0.05) is 24.8 Å². The van der Waals surface area contributed by atoms with Crippen LogP contribution in [0.25, 0.3) is 0 Å². The number of pyridine rings is 1. The first-order chi connectivity index (χ1) is 9.79. The SMILES string of the molecule is CN(C)CCCn1cc(O)c(=O)cc1CN(C)CC(=O)O. The molecule has 0 saturated heterocycles. The second kappa shape index (κ2) is 7.80. The summed E-state index contributed by atoms with van der Waals surface area (Å²) in [6.45, 7) is 1.77. The maximum absolute atomic E-state index is 11.6. The number of likely N-dealkylation sites (N-methyl/N-ethyl adjacent to an activating group) is 1. The topological polar surface area (TPSA) is 86.0 Å². The third-order valence-corrected chi connectivity index (χ3v) is 3.04. The lowest BCUT2D eigenvalue weighted by Crippen LogP contribution is -2.28. The summed E-state index contributed by atoms with van der Waals surface area (Å²) in [5, 5.41) is 18.3. The Morgan fingerprint density at radius 3 is 2.57 bits per heavy atom. The first kappa shape index (κ1) is 17.2. The maximum atomic E-state index is 11.6. The molecular weight excluding hydrogens is 274 g/mol. The van der Waals surface area contributed by atoms with Crippen LogP contribution in [0.5, 0.6) is 5.75 Å². The molecule has 1 aromatic heterocycles. The molecule has 0 spiro atoms. The molecule has 0 aliphatic carbocycles. The molecule has 7 heteroatoms. The highest BCUT2D eigenvalue weighted by molar-refractivity contribution is 5.68. The van der Waals surface area contributed by atoms with Crippen molar-refractivity contribution in [2.45, 2.75) is 19.5 Å². The van der Waals surface area contributed by atoms with Gasteiger partial charge in [0.15, 0.2) is 5.75 Å². The average molecular weight is 297 g/mol. The summed E-state index contributed by atoms with van der Waals surface area (Å²) in [4.78, 5) is 25.9. The molecule has 2 N–H and O–H groups in total. The molecule has 0 aliphatic rings. The molecule has 1 rings (SSSR count). The number of hydrogen-bond donors (Lipinski definition) is 2. The van der Waals surface area contributed by atoms with Crippen LogP contribution in [0, 0.1) is 0 Å². The van der Waals surface area contributed by atoms with Crippen molar-refractivity contribution in [3.05, 3.63) is 28.2 Å². The third-order valence-electron chi connectivity index (χ3n) is 3.04. The van der Waals surface area contributed by atoms with Crippen LogP contribution in [0.4, 0.5) is 0 Å². The van der Waals surface area contributed by atoms with Crippen LogP contribution in [0.15, 0.2) is 17.1 Å². The van der Waals surface area contributed by atoms with E-state index in [0.29, 0.717) is 18.8 Å². The maximum Gasteiger partial charge on any atom is 0.317 e. The summed E-state index contributed by atoms with van der Waals surface area (Å²) in [5.41, 5.74) is 0.248. The zero-order chi connectivity index (χ0) is 16.0. The molecule has 0 saturated carbocycles. The molecule has 1 aromatic rings. The van der Waals surface area contributed by atoms with Crippen molar-refractivity contribution in [3.63, 3.8) is 0 Å². The lowest BCUT2D eigenvalue weighted by Gasteiger charge is -2.19. The molecule has 0 aliphatic heterocycles. The van der Waals surface area contributed by atoms with E-state index in [2.05, 4.69) is 4.90 Å². The van der Waals surface area contributed by atoms with Crippen molar-refractivity contribution in [1.82, 2.24) is 14.4 Å². The van der Waals surface area contributed by atoms with E-state index in [1.54, 1.807) is 16.5 Å². The Balaban J connectivity index is 2.86. The number of nitrogens with zero attached hydrogens (tertiary/aromatic N) is 3. The summed E-state index contributed by atoms with van der Waals surface area (Å²) >= 11 is 0. The molecule has 0 unspecified atom stereocenters. The molecule has 7 nitrogen and oxygen atoms in total. The summed E-state index contributed by atoms with van der Waals surface area (Å²) < 4.78 is 1.80. The first-order valence-electron chi connectivity index (χ1n) is 6.77. The lowest BCUT2D eigenvalue weighted by atomic mass is 10.2. The monoisotopic (exact) mass is 297 g/mol. The molecule has 0 fully saturated rings. The van der Waals surface area contributed by atoms with Crippen LogP contribution in [0.2, 0.25) is 0 Å². The Morgan fingerprint density at radius 2 is 2.00 bits per heavy atom. The zero-order valence-electron chi connectivity index (χ0n) is 12.7. The molecule has 21 heavy (non-hydrogen) atoms. The predicted molar refractivity (Wildman–Crippen MR) is 79.5 cm³/mol. The van der Waals surface area contributed by atoms with E-state index in [0.717, 1.165) is 13.0 Å². The number of aromatic nitrogens is 1. The number of rotatable bonds is 8. The van der Waals surface area contributed by atoms with Gasteiger partial charge in [-0.3, -0.25) is 14.5 Å². The molecule has 0 aromatic carbocycles. The highest BCUT2D eigenvalue weighted by Gasteiger charge is 2.10. The van der Waals surface area contributed by atoms with E-state index < -0.39 is 11.4 Å². The molecule has 0 bridgehead atoms. The van der Waals surface area contributed by atoms with E-state index >= 15 is 0 Å². The van der Waals surface area contributed by atoms with Gasteiger partial charge >= 0.3 is 5.97 Å². The van der Waals surface area contributed by atoms with E-state index in [9.17, 15) is 14.7 Å². The second-order valence-corrected chi connectivity index (χ2v) is 5.43. The fourth-order valence-corrected chi connectivity index (χ4v) is 2.07. The van der Waals surface area contributed by atoms with Crippen molar-refractivity contribution in [2.24, 2.45) is 0 Å². The Kier molecular flexibility index (Phi) is 6.39. The van der Waals surface area contributed by atoms with Gasteiger partial charge in [0.25, 0.3) is 0 Å². The van der Waals surface area contributed by atoms with Crippen LogP contribution in [-0.2, 0) is 17.9 Å². The largest absolute Gasteiger partial charge is 0.503 e. The van der Waals surface area contributed by atoms with Crippen molar-refractivity contribution >= 4 is 5.97 Å². The quantitative estimate of drug-likeness (QED) is 0.703. The van der Waals surface area contributed by atoms with Gasteiger partial charge < -0.3 is 19.7 Å². The normalized spacial score (nSPS) is 11.3. The molecule has 0 atom stereocenters. The van der Waals surface area contributed by atoms with Gasteiger partial charge in [-0.25, -0.2) is 0 Å². The van der Waals surface area contributed by atoms with E-state index in [-0.39, 0.29) is 12.3 Å². The van der Waals surface area contributed by atoms with Gasteiger partial charge in [-0.15, -0.1) is 0 Å². The second-order valence-electron chi connectivity index (χ2n) is 5.43. The number of aromatic hydroxyl groups is 1. The highest BCUT2D eigenvalue weighted by Crippen LogP contribution is 2.08. The van der Waals surface area contributed by atoms with E-state index in [1.807, 2.05) is 14.1 Å². The Morgan fingerprint density at radius 1 is 1.33 bits per heavy atom. The summed E-state index contributed by atoms with van der Waals surface area (Å²) in [6, 6.07) is 1.36. The van der Waals surface area contributed by atoms with Crippen molar-refractivity contribution in [1.29, 1.82) is 0 Å². The third kappa shape index (κ3) is 5.97. The first-order valence-corrected chi connectivity index (χ1v) is 6.77. The van der Waals surface area contributed by atoms with E-state index in [1.165, 1.54) is 12.3 Å². The van der Waals surface area contributed by atoms with Crippen LogP contribution >= 0.6 is 0 Å². The van der Waals surface area contributed by atoms with Crippen molar-refractivity contribution in [2.75, 3.05) is 34.2 Å². The van der Waals surface area contributed by atoms with Gasteiger partial charge in [0.05, 0.1) is 12.7 Å². The molecule has 118 valence electrons. The number of carboxylic acid groups (broad SMARTS) is 1. The Bertz CT molecular complexity index is 540. The summed E-state index contributed by atoms with van der Waals surface area (Å²) in [6.07, 6.45) is 2.28. The van der Waals surface area contributed by atoms with Gasteiger partial charge in [0.1, 0.15) is 0 Å². The number of hydrogen-bond acceptors (Lipinski definition) is 5. The molecule has 0 amide bonds. The fraction of sp³-hybridized carbons (Fsp3) is 0.571. The highest BCUT2D eigenvalue weighted by atomic mass is 16.4. The predicted octanol–water partition coefficient (Wildman–Crippen LogP) is 0.0220. The Labute approximate surface area is 124 Å². The fourth-order valence-electron chi connectivity index (χ4n) is 2.07. The van der Waals surface area contributed by atoms with Gasteiger partial charge in [-0.05, 0) is 34.1 Å². The zero-order valence-corrected chi connectivity index (χ0v) is 12.7. The van der Waals surface area contributed by atoms with Gasteiger partial charge in [-0.1, -0.05) is 0 Å². The minimum atomic E-state index is -0.919. The number of aryl methyl sites for hydroxylation is 1. The number of aliphatic carboxylic acids is 1. The van der Waals surface area contributed by atoms with Crippen molar-refractivity contribution in [3.8, 4) is 5.75 Å². The van der Waals surface area contributed by atoms with Gasteiger partial charge in [0.2, 0.25) is 5.43 Å². The molecule has 1 heterocycles. The standard InChI is InChI=1S/C14H23N3O4/c1-15(2)5-4-6-17-9-13(19)12(18)7-11(17)8-16(3)10-14(20)21/h7,9,19H,4-6,8,10H2,1-3H3,(H,20,21). The minimum Gasteiger partial charge on any atom is -0.503 e. The molecular formula is C14H23N3O4. The summed E-state index contributed by atoms with van der Waals surface area (Å²) in [5.74, 6) is -1.21. The molecule has 0 radical (unpaired) electrons. The average Bonchev–Trinajstić information content (AvgIpc) is 2.33. The van der Waals surface area contributed by atoms with Crippen LogP contribution in [0.1, 0.15) is 12.1 Å². The lowest BCUT2D eigenvalue weighted by molar-refractivity contribution is -0.138. The summed E-state index contributed by atoms with van der Waals surface area (Å²) in [7, 11) is 5.63. The van der Waals surface area contributed by atoms with Crippen LogP contribution in [0.3, 0.4) is 0 Å². The number of carbonyl (C=O) groups is 1. The van der Waals surface area contributed by atoms with Crippen molar-refractivity contribution < 1.29 is 15.0 Å². The Hall–Kier alpha value is -1.86. The van der Waals surface area contributed by atoms with Gasteiger partial charge in [-0.2, -0.15) is 0 Å². The number of carboxylic acids is 1. The van der Waals surface area contributed by atoms with E-state index in [4.69, 9.17) is 5.11 Å². The van der Waals surface area contributed by atoms with Crippen LogP contribution in [-0.4, -0.2) is 64.8 Å².